The number of cyclic esters (lactones) is 1. The molecular formula is C39H38F2N6O5. The van der Waals surface area contributed by atoms with Gasteiger partial charge in [0.05, 0.1) is 16.5 Å². The van der Waals surface area contributed by atoms with Crippen LogP contribution in [0.4, 0.5) is 14.6 Å². The summed E-state index contributed by atoms with van der Waals surface area (Å²) in [5, 5.41) is 11.6. The minimum atomic E-state index is -0.884. The van der Waals surface area contributed by atoms with Crippen molar-refractivity contribution in [2.45, 2.75) is 76.1 Å². The smallest absolute Gasteiger partial charge is 0.319 e. The van der Waals surface area contributed by atoms with E-state index in [0.29, 0.717) is 36.3 Å². The predicted molar refractivity (Wildman–Crippen MR) is 188 cm³/mol. The molecule has 4 aromatic rings. The molecule has 2 bridgehead atoms. The number of nitrogens with zero attached hydrogens (tertiary/aromatic N) is 6. The van der Waals surface area contributed by atoms with Gasteiger partial charge in [-0.15, -0.1) is 6.42 Å². The number of esters is 1. The summed E-state index contributed by atoms with van der Waals surface area (Å²) < 4.78 is 43.7. The number of carbonyl (C=O) groups is 2. The summed E-state index contributed by atoms with van der Waals surface area (Å²) in [7, 11) is 0. The van der Waals surface area contributed by atoms with Crippen LogP contribution in [0.2, 0.25) is 0 Å². The van der Waals surface area contributed by atoms with E-state index in [1.54, 1.807) is 13.8 Å². The van der Waals surface area contributed by atoms with Gasteiger partial charge in [0.2, 0.25) is 0 Å². The fraction of sp³-hybridized carbons (Fsp3) is 0.462. The maximum atomic E-state index is 17.0. The molecule has 0 radical (unpaired) electrons. The van der Waals surface area contributed by atoms with Crippen molar-refractivity contribution in [1.82, 2.24) is 24.8 Å². The monoisotopic (exact) mass is 708 g/mol. The zero-order valence-electron chi connectivity index (χ0n) is 29.0. The van der Waals surface area contributed by atoms with Crippen molar-refractivity contribution in [3.05, 3.63) is 47.7 Å². The number of phenolic OH excluding ortho intramolecular Hbond substituents is 1. The Balaban J connectivity index is 1.13. The third kappa shape index (κ3) is 4.83. The standard InChI is InChI=1S/C39H38F2N6O5/c1-4-25-28(40)10-7-21-15-24(48)16-26(29(21)25)31-30(41)32-27(17-42-31)34(44-37(43-32)51-20-39-11-5-13-46(39)14-6-12-39)45-18-22-8-9-23(19-45)47(22)35(49)33-38(2,3)36(50)52-33/h1,7,10,15-17,22-23,33,48H,5-6,8-9,11-14,18-20H2,2-3H3/t22-,23+,33?. The Labute approximate surface area is 298 Å². The van der Waals surface area contributed by atoms with Crippen molar-refractivity contribution in [2.24, 2.45) is 5.41 Å². The maximum absolute atomic E-state index is 17.0. The molecule has 13 heteroatoms. The van der Waals surface area contributed by atoms with Crippen LogP contribution in [0.15, 0.2) is 30.5 Å². The van der Waals surface area contributed by atoms with E-state index in [4.69, 9.17) is 20.9 Å². The largest absolute Gasteiger partial charge is 0.508 e. The molecule has 9 rings (SSSR count). The Kier molecular flexibility index (Phi) is 7.39. The van der Waals surface area contributed by atoms with Gasteiger partial charge in [0, 0.05) is 42.3 Å². The van der Waals surface area contributed by atoms with Crippen LogP contribution in [0.25, 0.3) is 32.9 Å². The Morgan fingerprint density at radius 2 is 1.85 bits per heavy atom. The van der Waals surface area contributed by atoms with E-state index in [1.165, 1.54) is 30.5 Å². The number of aromatic nitrogens is 3. The molecular weight excluding hydrogens is 670 g/mol. The minimum absolute atomic E-state index is 0.0248. The van der Waals surface area contributed by atoms with Crippen LogP contribution in [-0.2, 0) is 14.3 Å². The van der Waals surface area contributed by atoms with Crippen molar-refractivity contribution in [1.29, 1.82) is 0 Å². The lowest BCUT2D eigenvalue weighted by Gasteiger charge is -2.47. The van der Waals surface area contributed by atoms with E-state index in [-0.39, 0.29) is 69.0 Å². The van der Waals surface area contributed by atoms with Crippen molar-refractivity contribution < 1.29 is 33.0 Å². The molecule has 11 nitrogen and oxygen atoms in total. The highest BCUT2D eigenvalue weighted by Crippen LogP contribution is 2.44. The van der Waals surface area contributed by atoms with Crippen LogP contribution in [0.3, 0.4) is 0 Å². The number of terminal acetylenes is 1. The number of aromatic hydroxyl groups is 1. The summed E-state index contributed by atoms with van der Waals surface area (Å²) in [6, 6.07) is 5.13. The van der Waals surface area contributed by atoms with E-state index in [9.17, 15) is 19.1 Å². The number of fused-ring (bicyclic) bond motifs is 5. The van der Waals surface area contributed by atoms with Crippen molar-refractivity contribution in [2.75, 3.05) is 37.7 Å². The molecule has 0 aliphatic carbocycles. The van der Waals surface area contributed by atoms with Crippen LogP contribution in [0.5, 0.6) is 11.8 Å². The van der Waals surface area contributed by atoms with Gasteiger partial charge in [-0.05, 0) is 89.0 Å². The fourth-order valence-electron chi connectivity index (χ4n) is 9.31. The van der Waals surface area contributed by atoms with Gasteiger partial charge in [-0.3, -0.25) is 19.5 Å². The number of pyridine rings is 1. The second-order valence-electron chi connectivity index (χ2n) is 15.4. The highest BCUT2D eigenvalue weighted by molar-refractivity contribution is 6.03. The molecule has 3 atom stereocenters. The van der Waals surface area contributed by atoms with Crippen LogP contribution in [0.1, 0.15) is 57.9 Å². The van der Waals surface area contributed by atoms with Gasteiger partial charge in [0.25, 0.3) is 5.91 Å². The molecule has 2 aromatic heterocycles. The minimum Gasteiger partial charge on any atom is -0.508 e. The number of carbonyl (C=O) groups excluding carboxylic acids is 2. The van der Waals surface area contributed by atoms with Gasteiger partial charge in [0.15, 0.2) is 11.9 Å². The number of benzene rings is 2. The second kappa shape index (κ2) is 11.7. The molecule has 1 amide bonds. The fourth-order valence-corrected chi connectivity index (χ4v) is 9.31. The third-order valence-electron chi connectivity index (χ3n) is 12.0. The topological polar surface area (TPSA) is 121 Å². The highest BCUT2D eigenvalue weighted by Gasteiger charge is 2.58. The SMILES string of the molecule is C#Cc1c(F)ccc2cc(O)cc(-c3ncc4c(N5C[C@H]6CC[C@@H](C5)N6C(=O)C5OC(=O)C5(C)C)nc(OCC56CCCN5CCC6)nc4c3F)c12. The quantitative estimate of drug-likeness (QED) is 0.218. The maximum Gasteiger partial charge on any atom is 0.319 e. The van der Waals surface area contributed by atoms with E-state index in [1.807, 2.05) is 9.80 Å². The number of phenols is 1. The van der Waals surface area contributed by atoms with Gasteiger partial charge in [-0.25, -0.2) is 8.78 Å². The number of amides is 1. The van der Waals surface area contributed by atoms with Crippen LogP contribution in [-0.4, -0.2) is 98.2 Å². The average molecular weight is 709 g/mol. The van der Waals surface area contributed by atoms with Gasteiger partial charge in [-0.2, -0.15) is 9.97 Å². The van der Waals surface area contributed by atoms with E-state index in [0.717, 1.165) is 51.6 Å². The number of ether oxygens (including phenoxy) is 2. The molecule has 1 N–H and O–H groups in total. The molecule has 5 fully saturated rings. The number of rotatable bonds is 6. The average Bonchev–Trinajstić information content (AvgIpc) is 3.79. The van der Waals surface area contributed by atoms with Gasteiger partial charge in [0.1, 0.15) is 40.6 Å². The lowest BCUT2D eigenvalue weighted by molar-refractivity contribution is -0.207. The molecule has 0 saturated carbocycles. The molecule has 2 aromatic carbocycles. The molecule has 52 heavy (non-hydrogen) atoms. The number of hydrogen-bond acceptors (Lipinski definition) is 10. The molecule has 5 aliphatic rings. The predicted octanol–water partition coefficient (Wildman–Crippen LogP) is 4.95. The summed E-state index contributed by atoms with van der Waals surface area (Å²) in [6.45, 7) is 6.67. The Bertz CT molecular complexity index is 2220. The Morgan fingerprint density at radius 3 is 2.52 bits per heavy atom. The first-order valence-corrected chi connectivity index (χ1v) is 17.9. The number of hydrogen-bond donors (Lipinski definition) is 1. The first-order valence-electron chi connectivity index (χ1n) is 17.9. The van der Waals surface area contributed by atoms with Gasteiger partial charge < -0.3 is 24.4 Å². The summed E-state index contributed by atoms with van der Waals surface area (Å²) in [4.78, 5) is 46.2. The van der Waals surface area contributed by atoms with Crippen LogP contribution >= 0.6 is 0 Å². The van der Waals surface area contributed by atoms with Crippen LogP contribution < -0.4 is 9.64 Å². The van der Waals surface area contributed by atoms with E-state index >= 15 is 4.39 Å². The first-order chi connectivity index (χ1) is 25.0. The summed E-state index contributed by atoms with van der Waals surface area (Å²) >= 11 is 0. The van der Waals surface area contributed by atoms with Crippen molar-refractivity contribution in [3.63, 3.8) is 0 Å². The first kappa shape index (κ1) is 32.8. The van der Waals surface area contributed by atoms with Crippen molar-refractivity contribution >= 4 is 39.4 Å². The lowest BCUT2D eigenvalue weighted by Crippen LogP contribution is -2.65. The molecule has 1 unspecified atom stereocenters. The summed E-state index contributed by atoms with van der Waals surface area (Å²) in [5.41, 5.74) is -1.13. The molecule has 0 spiro atoms. The number of anilines is 1. The molecule has 268 valence electrons. The highest BCUT2D eigenvalue weighted by atomic mass is 19.1. The normalized spacial score (nSPS) is 24.5. The van der Waals surface area contributed by atoms with Crippen LogP contribution in [0, 0.1) is 29.4 Å². The van der Waals surface area contributed by atoms with Gasteiger partial charge in [-0.1, -0.05) is 12.0 Å². The lowest BCUT2D eigenvalue weighted by atomic mass is 9.80. The molecule has 5 aliphatic heterocycles. The summed E-state index contributed by atoms with van der Waals surface area (Å²) in [5.74, 6) is 0.625. The third-order valence-corrected chi connectivity index (χ3v) is 12.0. The Hall–Kier alpha value is -5.09. The summed E-state index contributed by atoms with van der Waals surface area (Å²) in [6.07, 6.45) is 12.1. The molecule has 7 heterocycles. The second-order valence-corrected chi connectivity index (χ2v) is 15.4. The molecule has 5 saturated heterocycles. The zero-order valence-corrected chi connectivity index (χ0v) is 29.0. The zero-order chi connectivity index (χ0) is 36.1. The van der Waals surface area contributed by atoms with Gasteiger partial charge >= 0.3 is 12.0 Å². The van der Waals surface area contributed by atoms with E-state index in [2.05, 4.69) is 20.8 Å². The van der Waals surface area contributed by atoms with Crippen molar-refractivity contribution in [3.8, 4) is 35.4 Å². The number of piperazine rings is 1. The number of halogens is 2. The Morgan fingerprint density at radius 1 is 1.12 bits per heavy atom. The van der Waals surface area contributed by atoms with E-state index < -0.39 is 23.2 Å².